The molecular formula is C39H71N3O7. The fourth-order valence-electron chi connectivity index (χ4n) is 5.03. The molecule has 0 aromatic heterocycles. The molecule has 10 heteroatoms. The van der Waals surface area contributed by atoms with Crippen LogP contribution in [0.25, 0.3) is 0 Å². The summed E-state index contributed by atoms with van der Waals surface area (Å²) in [6.07, 6.45) is 35.4. The number of rotatable bonds is 32. The number of unbranched alkanes of at least 4 members (excludes halogenated alkanes) is 19. The van der Waals surface area contributed by atoms with Crippen molar-refractivity contribution in [3.63, 3.8) is 0 Å². The molecule has 0 fully saturated rings. The Bertz CT molecular complexity index is 890. The van der Waals surface area contributed by atoms with Crippen LogP contribution >= 0.6 is 0 Å². The van der Waals surface area contributed by atoms with Crippen molar-refractivity contribution in [2.45, 2.75) is 174 Å². The molecule has 49 heavy (non-hydrogen) atoms. The summed E-state index contributed by atoms with van der Waals surface area (Å²) >= 11 is 0. The topological polar surface area (TPSA) is 162 Å². The van der Waals surface area contributed by atoms with Crippen molar-refractivity contribution in [1.82, 2.24) is 16.0 Å². The molecule has 0 atom stereocenters. The summed E-state index contributed by atoms with van der Waals surface area (Å²) in [5.74, 6) is -2.41. The number of hydrogen-bond acceptors (Lipinski definition) is 5. The first-order chi connectivity index (χ1) is 23.7. The summed E-state index contributed by atoms with van der Waals surface area (Å²) in [4.78, 5) is 54.3. The van der Waals surface area contributed by atoms with Gasteiger partial charge in [-0.25, -0.2) is 0 Å². The third kappa shape index (κ3) is 42.8. The number of aliphatic carboxylic acids is 2. The fraction of sp³-hybridized carbons (Fsp3) is 0.769. The third-order valence-corrected chi connectivity index (χ3v) is 8.05. The van der Waals surface area contributed by atoms with Crippen molar-refractivity contribution in [3.05, 3.63) is 24.3 Å². The number of allylic oxidation sites excluding steroid dienone is 3. The molecule has 3 amide bonds. The van der Waals surface area contributed by atoms with E-state index in [0.717, 1.165) is 90.0 Å². The van der Waals surface area contributed by atoms with Crippen LogP contribution in [0.5, 0.6) is 0 Å². The summed E-state index contributed by atoms with van der Waals surface area (Å²) in [5, 5.41) is 24.8. The number of likely N-dealkylation sites (N-methyl/N-ethyl adjacent to an activating group) is 1. The smallest absolute Gasteiger partial charge is 0.309 e. The minimum Gasteiger partial charge on any atom is -0.481 e. The lowest BCUT2D eigenvalue weighted by Crippen LogP contribution is -2.38. The molecular weight excluding hydrogens is 622 g/mol. The van der Waals surface area contributed by atoms with Gasteiger partial charge in [0.2, 0.25) is 5.91 Å². The number of carbonyl (C=O) groups excluding carboxylic acids is 3. The Morgan fingerprint density at radius 2 is 0.878 bits per heavy atom. The highest BCUT2D eigenvalue weighted by molar-refractivity contribution is 6.35. The summed E-state index contributed by atoms with van der Waals surface area (Å²) in [6.45, 7) is 3.32. The van der Waals surface area contributed by atoms with Crippen LogP contribution in [-0.4, -0.2) is 60.0 Å². The molecule has 5 N–H and O–H groups in total. The van der Waals surface area contributed by atoms with Gasteiger partial charge in [-0.3, -0.25) is 24.0 Å². The predicted molar refractivity (Wildman–Crippen MR) is 199 cm³/mol. The zero-order valence-corrected chi connectivity index (χ0v) is 31.0. The van der Waals surface area contributed by atoms with E-state index in [1.807, 2.05) is 12.2 Å². The molecule has 0 rings (SSSR count). The van der Waals surface area contributed by atoms with E-state index in [-0.39, 0.29) is 5.91 Å². The molecule has 0 bridgehead atoms. The highest BCUT2D eigenvalue weighted by Crippen LogP contribution is 2.12. The minimum absolute atomic E-state index is 0.181. The van der Waals surface area contributed by atoms with Crippen LogP contribution in [0.15, 0.2) is 24.3 Å². The van der Waals surface area contributed by atoms with Crippen molar-refractivity contribution in [2.75, 3.05) is 20.1 Å². The van der Waals surface area contributed by atoms with Gasteiger partial charge in [-0.2, -0.15) is 0 Å². The van der Waals surface area contributed by atoms with Crippen LogP contribution in [0.4, 0.5) is 0 Å². The Labute approximate surface area is 297 Å². The highest BCUT2D eigenvalue weighted by Gasteiger charge is 2.08. The largest absolute Gasteiger partial charge is 0.481 e. The predicted octanol–water partition coefficient (Wildman–Crippen LogP) is 8.40. The summed E-state index contributed by atoms with van der Waals surface area (Å²) < 4.78 is 0. The van der Waals surface area contributed by atoms with Gasteiger partial charge < -0.3 is 26.2 Å². The van der Waals surface area contributed by atoms with E-state index in [4.69, 9.17) is 10.2 Å². The number of hydrogen-bond donors (Lipinski definition) is 5. The second kappa shape index (κ2) is 39.3. The molecule has 0 aliphatic rings. The Kier molecular flexibility index (Phi) is 38.4. The van der Waals surface area contributed by atoms with Crippen molar-refractivity contribution in [3.8, 4) is 0 Å². The molecule has 0 radical (unpaired) electrons. The van der Waals surface area contributed by atoms with E-state index >= 15 is 0 Å². The molecule has 0 saturated carbocycles. The Balaban J connectivity index is 0. The lowest BCUT2D eigenvalue weighted by molar-refractivity contribution is -0.138. The van der Waals surface area contributed by atoms with E-state index < -0.39 is 23.8 Å². The molecule has 0 aromatic carbocycles. The van der Waals surface area contributed by atoms with Gasteiger partial charge >= 0.3 is 23.8 Å². The number of carboxylic acid groups (broad SMARTS) is 2. The van der Waals surface area contributed by atoms with E-state index in [1.165, 1.54) is 71.3 Å². The average Bonchev–Trinajstić information content (AvgIpc) is 3.07. The first-order valence-corrected chi connectivity index (χ1v) is 19.2. The van der Waals surface area contributed by atoms with Crippen LogP contribution in [0.1, 0.15) is 174 Å². The standard InChI is InChI=1S/C20H37NO3.C19H34N2O4/c1-2-3-18-21-19(22)16-14-12-10-8-6-4-5-7-9-11-13-15-17-20(23)24;1-20-18(24)19(25)21-16-14-12-10-8-6-4-2-3-5-7-9-11-13-15-17(22)23/h8,10H,2-7,9,11-18H2,1H3,(H,21,22)(H,23,24);12,14H,2-11,13,15-16H2,1H3,(H,20,24)(H,21,25)(H,22,23)/b10-8-;14-12-. The van der Waals surface area contributed by atoms with Crippen molar-refractivity contribution in [2.24, 2.45) is 0 Å². The van der Waals surface area contributed by atoms with E-state index in [1.54, 1.807) is 0 Å². The van der Waals surface area contributed by atoms with Gasteiger partial charge in [0, 0.05) is 39.4 Å². The van der Waals surface area contributed by atoms with Crippen LogP contribution in [0, 0.1) is 0 Å². The molecule has 0 aliphatic carbocycles. The third-order valence-electron chi connectivity index (χ3n) is 8.05. The number of amides is 3. The van der Waals surface area contributed by atoms with Crippen LogP contribution in [0.3, 0.4) is 0 Å². The normalized spacial score (nSPS) is 10.9. The first-order valence-electron chi connectivity index (χ1n) is 19.2. The van der Waals surface area contributed by atoms with E-state index in [2.05, 4.69) is 35.0 Å². The molecule has 0 spiro atoms. The van der Waals surface area contributed by atoms with Gasteiger partial charge in [-0.1, -0.05) is 121 Å². The van der Waals surface area contributed by atoms with E-state index in [0.29, 0.717) is 25.8 Å². The average molecular weight is 694 g/mol. The SMILES string of the molecule is CCCCNC(=O)CCC/C=C\CCCCCCCCCC(=O)O.CNC(=O)C(=O)NC/C=C\CCCCCCCCCCCCC(=O)O. The maximum atomic E-state index is 11.5. The zero-order valence-electron chi connectivity index (χ0n) is 31.0. The van der Waals surface area contributed by atoms with Gasteiger partial charge in [0.1, 0.15) is 0 Å². The van der Waals surface area contributed by atoms with Crippen molar-refractivity contribution >= 4 is 29.7 Å². The second-order valence-electron chi connectivity index (χ2n) is 12.7. The van der Waals surface area contributed by atoms with Crippen LogP contribution in [0.2, 0.25) is 0 Å². The fourth-order valence-corrected chi connectivity index (χ4v) is 5.03. The summed E-state index contributed by atoms with van der Waals surface area (Å²) in [7, 11) is 1.43. The van der Waals surface area contributed by atoms with Crippen LogP contribution < -0.4 is 16.0 Å². The number of carbonyl (C=O) groups is 5. The Morgan fingerprint density at radius 3 is 1.31 bits per heavy atom. The van der Waals surface area contributed by atoms with Crippen LogP contribution in [-0.2, 0) is 24.0 Å². The maximum absolute atomic E-state index is 11.5. The minimum atomic E-state index is -0.691. The van der Waals surface area contributed by atoms with Gasteiger partial charge in [0.05, 0.1) is 0 Å². The molecule has 10 nitrogen and oxygen atoms in total. The zero-order chi connectivity index (χ0) is 36.6. The first kappa shape index (κ1) is 47.9. The Morgan fingerprint density at radius 1 is 0.469 bits per heavy atom. The van der Waals surface area contributed by atoms with E-state index in [9.17, 15) is 24.0 Å². The van der Waals surface area contributed by atoms with Gasteiger partial charge in [-0.05, 0) is 57.8 Å². The molecule has 0 unspecified atom stereocenters. The van der Waals surface area contributed by atoms with Gasteiger partial charge in [0.15, 0.2) is 0 Å². The molecule has 284 valence electrons. The number of nitrogens with one attached hydrogen (secondary N) is 3. The lowest BCUT2D eigenvalue weighted by Gasteiger charge is -2.02. The molecule has 0 aliphatic heterocycles. The summed E-state index contributed by atoms with van der Waals surface area (Å²) in [6, 6.07) is 0. The quantitative estimate of drug-likeness (QED) is 0.0268. The molecule has 0 heterocycles. The van der Waals surface area contributed by atoms with Crippen molar-refractivity contribution in [1.29, 1.82) is 0 Å². The van der Waals surface area contributed by atoms with Crippen molar-refractivity contribution < 1.29 is 34.2 Å². The number of carboxylic acids is 2. The summed E-state index contributed by atoms with van der Waals surface area (Å²) in [5.41, 5.74) is 0. The molecule has 0 saturated heterocycles. The highest BCUT2D eigenvalue weighted by atomic mass is 16.4. The van der Waals surface area contributed by atoms with Gasteiger partial charge in [-0.15, -0.1) is 0 Å². The monoisotopic (exact) mass is 694 g/mol. The van der Waals surface area contributed by atoms with Gasteiger partial charge in [0.25, 0.3) is 0 Å². The second-order valence-corrected chi connectivity index (χ2v) is 12.7. The maximum Gasteiger partial charge on any atom is 0.309 e. The molecule has 0 aromatic rings. The lowest BCUT2D eigenvalue weighted by atomic mass is 10.1. The Hall–Kier alpha value is -3.17.